The second-order valence-electron chi connectivity index (χ2n) is 3.02. The summed E-state index contributed by atoms with van der Waals surface area (Å²) in [6, 6.07) is 0. The number of carboxylic acid groups (broad SMARTS) is 1. The van der Waals surface area contributed by atoms with Gasteiger partial charge in [0.25, 0.3) is 0 Å². The number of rotatable bonds is 4. The molecule has 0 unspecified atom stereocenters. The number of carboxylic acids is 1. The minimum Gasteiger partial charge on any atom is -0.481 e. The molecule has 0 aliphatic heterocycles. The van der Waals surface area contributed by atoms with E-state index in [1.807, 2.05) is 0 Å². The lowest BCUT2D eigenvalue weighted by molar-refractivity contribution is -0.133. The summed E-state index contributed by atoms with van der Waals surface area (Å²) in [5.74, 6) is -1.43. The molecule has 0 spiro atoms. The van der Waals surface area contributed by atoms with Crippen molar-refractivity contribution in [1.29, 1.82) is 0 Å². The van der Waals surface area contributed by atoms with E-state index >= 15 is 0 Å². The van der Waals surface area contributed by atoms with E-state index < -0.39 is 11.9 Å². The predicted octanol–water partition coefficient (Wildman–Crippen LogP) is 1.59. The number of carbonyl (C=O) groups excluding carboxylic acids is 1. The van der Waals surface area contributed by atoms with Gasteiger partial charge in [-0.05, 0) is 0 Å². The van der Waals surface area contributed by atoms with Gasteiger partial charge >= 0.3 is 11.9 Å². The van der Waals surface area contributed by atoms with Gasteiger partial charge in [-0.25, -0.2) is 9.78 Å². The van der Waals surface area contributed by atoms with Crippen LogP contribution in [0.2, 0.25) is 0 Å². The number of hydrogen-bond donors (Lipinski definition) is 2. The molecule has 0 aliphatic carbocycles. The molecule has 0 atom stereocenters. The van der Waals surface area contributed by atoms with Gasteiger partial charge in [0.05, 0.1) is 28.9 Å². The van der Waals surface area contributed by atoms with Crippen LogP contribution in [0.1, 0.15) is 9.67 Å². The minimum atomic E-state index is -0.907. The Hall–Kier alpha value is -1.54. The van der Waals surface area contributed by atoms with Crippen LogP contribution in [0.4, 0.5) is 0 Å². The number of imidazole rings is 1. The Kier molecular flexibility index (Phi) is 3.34. The van der Waals surface area contributed by atoms with Gasteiger partial charge in [0, 0.05) is 0 Å². The van der Waals surface area contributed by atoms with Crippen molar-refractivity contribution in [3.05, 3.63) is 11.2 Å². The van der Waals surface area contributed by atoms with Gasteiger partial charge in [-0.15, -0.1) is 23.1 Å². The van der Waals surface area contributed by atoms with E-state index in [9.17, 15) is 9.59 Å². The van der Waals surface area contributed by atoms with Crippen molar-refractivity contribution in [1.82, 2.24) is 9.97 Å². The van der Waals surface area contributed by atoms with E-state index in [0.717, 1.165) is 16.0 Å². The average molecular weight is 272 g/mol. The highest BCUT2D eigenvalue weighted by molar-refractivity contribution is 8.02. The molecule has 0 bridgehead atoms. The van der Waals surface area contributed by atoms with Crippen LogP contribution in [0.3, 0.4) is 0 Å². The first kappa shape index (κ1) is 11.9. The third-order valence-electron chi connectivity index (χ3n) is 1.95. The molecule has 0 saturated heterocycles. The number of H-pyrrole nitrogens is 1. The first-order valence-corrected chi connectivity index (χ1v) is 6.32. The van der Waals surface area contributed by atoms with E-state index in [4.69, 9.17) is 5.11 Å². The fourth-order valence-electron chi connectivity index (χ4n) is 1.27. The number of aromatic nitrogens is 2. The van der Waals surface area contributed by atoms with Crippen molar-refractivity contribution in [2.24, 2.45) is 0 Å². The zero-order chi connectivity index (χ0) is 12.4. The Morgan fingerprint density at radius 2 is 2.41 bits per heavy atom. The zero-order valence-corrected chi connectivity index (χ0v) is 10.4. The molecule has 2 aromatic heterocycles. The molecule has 0 aromatic carbocycles. The number of aromatic amines is 1. The molecule has 6 nitrogen and oxygen atoms in total. The summed E-state index contributed by atoms with van der Waals surface area (Å²) in [4.78, 5) is 29.3. The van der Waals surface area contributed by atoms with Crippen molar-refractivity contribution >= 4 is 46.1 Å². The monoisotopic (exact) mass is 272 g/mol. The van der Waals surface area contributed by atoms with Crippen LogP contribution in [-0.4, -0.2) is 39.9 Å². The van der Waals surface area contributed by atoms with Crippen LogP contribution in [0.25, 0.3) is 11.0 Å². The molecule has 2 N–H and O–H groups in total. The molecule has 0 aliphatic rings. The fraction of sp³-hybridized carbons (Fsp3) is 0.222. The van der Waals surface area contributed by atoms with Gasteiger partial charge in [-0.2, -0.15) is 0 Å². The third-order valence-corrected chi connectivity index (χ3v) is 4.37. The Bertz CT molecular complexity index is 575. The second kappa shape index (κ2) is 4.76. The third kappa shape index (κ3) is 2.27. The summed E-state index contributed by atoms with van der Waals surface area (Å²) in [6.07, 6.45) is 1.47. The number of thiophene rings is 1. The lowest BCUT2D eigenvalue weighted by Gasteiger charge is -1.93. The maximum absolute atomic E-state index is 11.5. The smallest absolute Gasteiger partial charge is 0.350 e. The van der Waals surface area contributed by atoms with E-state index in [1.165, 1.54) is 24.8 Å². The topological polar surface area (TPSA) is 92.3 Å². The lowest BCUT2D eigenvalue weighted by Crippen LogP contribution is -1.98. The van der Waals surface area contributed by atoms with Crippen molar-refractivity contribution in [2.75, 3.05) is 12.9 Å². The van der Waals surface area contributed by atoms with E-state index in [-0.39, 0.29) is 5.75 Å². The number of nitrogens with one attached hydrogen (secondary N) is 1. The number of aliphatic carboxylic acids is 1. The van der Waals surface area contributed by atoms with Crippen LogP contribution in [0, 0.1) is 0 Å². The quantitative estimate of drug-likeness (QED) is 0.648. The highest BCUT2D eigenvalue weighted by Crippen LogP contribution is 2.36. The molecule has 2 rings (SSSR count). The zero-order valence-electron chi connectivity index (χ0n) is 8.72. The molecule has 0 fully saturated rings. The first-order chi connectivity index (χ1) is 8.13. The second-order valence-corrected chi connectivity index (χ2v) is 5.28. The maximum Gasteiger partial charge on any atom is 0.350 e. The van der Waals surface area contributed by atoms with E-state index in [1.54, 1.807) is 0 Å². The van der Waals surface area contributed by atoms with Crippen molar-refractivity contribution in [2.45, 2.75) is 4.21 Å². The SMILES string of the molecule is COC(=O)c1sc(SCC(=O)O)c2[nH]cnc12. The highest BCUT2D eigenvalue weighted by Gasteiger charge is 2.20. The van der Waals surface area contributed by atoms with Gasteiger partial charge in [-0.1, -0.05) is 0 Å². The van der Waals surface area contributed by atoms with Gasteiger partial charge in [0.2, 0.25) is 0 Å². The van der Waals surface area contributed by atoms with Crippen molar-refractivity contribution in [3.8, 4) is 0 Å². The van der Waals surface area contributed by atoms with Crippen LogP contribution >= 0.6 is 23.1 Å². The molecule has 0 amide bonds. The Morgan fingerprint density at radius 1 is 1.65 bits per heavy atom. The Morgan fingerprint density at radius 3 is 3.06 bits per heavy atom. The van der Waals surface area contributed by atoms with Crippen LogP contribution in [0.5, 0.6) is 0 Å². The molecular weight excluding hydrogens is 264 g/mol. The number of hydrogen-bond acceptors (Lipinski definition) is 6. The average Bonchev–Trinajstić information content (AvgIpc) is 2.87. The standard InChI is InChI=1S/C9H8N2O4S2/c1-15-8(14)7-5-6(11-3-10-5)9(17-7)16-2-4(12)13/h3H,2H2,1H3,(H,10,11)(H,12,13). The Balaban J connectivity index is 2.39. The number of methoxy groups -OCH3 is 1. The maximum atomic E-state index is 11.5. The molecule has 0 radical (unpaired) electrons. The van der Waals surface area contributed by atoms with Crippen molar-refractivity contribution < 1.29 is 19.4 Å². The predicted molar refractivity (Wildman–Crippen MR) is 63.7 cm³/mol. The van der Waals surface area contributed by atoms with Gasteiger partial charge in [0.1, 0.15) is 10.4 Å². The molecule has 2 heterocycles. The van der Waals surface area contributed by atoms with Crippen LogP contribution in [0.15, 0.2) is 10.5 Å². The molecule has 90 valence electrons. The first-order valence-electron chi connectivity index (χ1n) is 4.52. The summed E-state index contributed by atoms with van der Waals surface area (Å²) in [5.41, 5.74) is 1.20. The molecule has 0 saturated carbocycles. The van der Waals surface area contributed by atoms with Gasteiger partial charge < -0.3 is 14.8 Å². The van der Waals surface area contributed by atoms with Crippen LogP contribution < -0.4 is 0 Å². The lowest BCUT2D eigenvalue weighted by atomic mass is 10.4. The van der Waals surface area contributed by atoms with E-state index in [0.29, 0.717) is 15.9 Å². The number of carbonyl (C=O) groups is 2. The normalized spacial score (nSPS) is 10.6. The van der Waals surface area contributed by atoms with E-state index in [2.05, 4.69) is 14.7 Å². The summed E-state index contributed by atoms with van der Waals surface area (Å²) >= 11 is 2.34. The van der Waals surface area contributed by atoms with Gasteiger partial charge in [0.15, 0.2) is 0 Å². The minimum absolute atomic E-state index is 0.0603. The summed E-state index contributed by atoms with van der Waals surface area (Å²) in [5, 5.41) is 8.63. The number of nitrogens with zero attached hydrogens (tertiary/aromatic N) is 1. The molecule has 17 heavy (non-hydrogen) atoms. The molecule has 2 aromatic rings. The summed E-state index contributed by atoms with van der Waals surface area (Å²) in [7, 11) is 1.30. The number of ether oxygens (including phenoxy) is 1. The largest absolute Gasteiger partial charge is 0.481 e. The molecular formula is C9H8N2O4S2. The fourth-order valence-corrected chi connectivity index (χ4v) is 3.35. The highest BCUT2D eigenvalue weighted by atomic mass is 32.2. The Labute approximate surface area is 104 Å². The summed E-state index contributed by atoms with van der Waals surface area (Å²) < 4.78 is 5.37. The number of thioether (sulfide) groups is 1. The summed E-state index contributed by atoms with van der Waals surface area (Å²) in [6.45, 7) is 0. The molecule has 8 heteroatoms. The number of esters is 1. The van der Waals surface area contributed by atoms with Crippen LogP contribution in [-0.2, 0) is 9.53 Å². The van der Waals surface area contributed by atoms with Crippen molar-refractivity contribution in [3.63, 3.8) is 0 Å². The van der Waals surface area contributed by atoms with Gasteiger partial charge in [-0.3, -0.25) is 4.79 Å². The number of fused-ring (bicyclic) bond motifs is 1.